The largest absolute Gasteiger partial charge is 0.377 e. The minimum Gasteiger partial charge on any atom is -0.377 e. The number of carbonyl (C=O) groups excluding carboxylic acids is 1. The molecular weight excluding hydrogens is 357 g/mol. The van der Waals surface area contributed by atoms with E-state index in [9.17, 15) is 9.18 Å². The summed E-state index contributed by atoms with van der Waals surface area (Å²) in [7, 11) is 0. The maximum Gasteiger partial charge on any atom is 0.223 e. The molecule has 3 rings (SSSR count). The Hall–Kier alpha value is -1.21. The first-order valence-electron chi connectivity index (χ1n) is 9.27. The molecule has 26 heavy (non-hydrogen) atoms. The van der Waals surface area contributed by atoms with Crippen LogP contribution in [0.1, 0.15) is 24.8 Å². The molecule has 0 bridgehead atoms. The molecule has 5 nitrogen and oxygen atoms in total. The van der Waals surface area contributed by atoms with Crippen molar-refractivity contribution in [2.75, 3.05) is 45.9 Å². The molecule has 1 N–H and O–H groups in total. The third kappa shape index (κ3) is 6.50. The van der Waals surface area contributed by atoms with E-state index >= 15 is 0 Å². The first-order valence-corrected chi connectivity index (χ1v) is 9.27. The Bertz CT molecular complexity index is 563. The van der Waals surface area contributed by atoms with Gasteiger partial charge in [0.1, 0.15) is 5.82 Å². The molecule has 2 aliphatic heterocycles. The topological polar surface area (TPSA) is 44.8 Å². The molecule has 0 spiro atoms. The Morgan fingerprint density at radius 3 is 2.85 bits per heavy atom. The molecule has 1 atom stereocenters. The van der Waals surface area contributed by atoms with Crippen molar-refractivity contribution in [3.05, 3.63) is 35.6 Å². The van der Waals surface area contributed by atoms with Crippen LogP contribution in [0.2, 0.25) is 0 Å². The van der Waals surface area contributed by atoms with E-state index < -0.39 is 0 Å². The van der Waals surface area contributed by atoms with Crippen LogP contribution in [-0.4, -0.2) is 67.7 Å². The van der Waals surface area contributed by atoms with Crippen molar-refractivity contribution in [3.63, 3.8) is 0 Å². The smallest absolute Gasteiger partial charge is 0.223 e. The molecule has 2 saturated heterocycles. The zero-order valence-corrected chi connectivity index (χ0v) is 16.0. The summed E-state index contributed by atoms with van der Waals surface area (Å²) in [6.45, 7) is 6.25. The summed E-state index contributed by atoms with van der Waals surface area (Å²) < 4.78 is 19.2. The van der Waals surface area contributed by atoms with Gasteiger partial charge in [0, 0.05) is 58.8 Å². The number of hydrogen-bond donors (Lipinski definition) is 1. The van der Waals surface area contributed by atoms with Crippen LogP contribution in [0.3, 0.4) is 0 Å². The Labute approximate surface area is 161 Å². The van der Waals surface area contributed by atoms with Gasteiger partial charge in [0.2, 0.25) is 5.91 Å². The van der Waals surface area contributed by atoms with Gasteiger partial charge in [0.05, 0.1) is 6.10 Å². The van der Waals surface area contributed by atoms with E-state index in [0.717, 1.165) is 57.7 Å². The van der Waals surface area contributed by atoms with Crippen LogP contribution in [0.4, 0.5) is 4.39 Å². The van der Waals surface area contributed by atoms with Crippen molar-refractivity contribution in [2.24, 2.45) is 0 Å². The summed E-state index contributed by atoms with van der Waals surface area (Å²) in [6.07, 6.45) is 2.88. The van der Waals surface area contributed by atoms with E-state index in [0.29, 0.717) is 19.5 Å². The highest BCUT2D eigenvalue weighted by atomic mass is 35.5. The summed E-state index contributed by atoms with van der Waals surface area (Å²) in [5.74, 6) is -0.00968. The molecule has 0 aromatic heterocycles. The SMILES string of the molecule is Cl.O=C(CCN(Cc1cccc(F)c1)CC1CCCO1)N1CCNCC1. The van der Waals surface area contributed by atoms with Crippen molar-refractivity contribution >= 4 is 18.3 Å². The van der Waals surface area contributed by atoms with Gasteiger partial charge in [-0.05, 0) is 30.5 Å². The number of benzene rings is 1. The van der Waals surface area contributed by atoms with Gasteiger partial charge in [-0.1, -0.05) is 12.1 Å². The number of rotatable bonds is 7. The third-order valence-electron chi connectivity index (χ3n) is 4.89. The number of hydrogen-bond acceptors (Lipinski definition) is 4. The number of nitrogens with zero attached hydrogens (tertiary/aromatic N) is 2. The van der Waals surface area contributed by atoms with Gasteiger partial charge in [0.25, 0.3) is 0 Å². The highest BCUT2D eigenvalue weighted by molar-refractivity contribution is 5.85. The second-order valence-electron chi connectivity index (χ2n) is 6.88. The molecule has 1 aromatic rings. The summed E-state index contributed by atoms with van der Waals surface area (Å²) in [6, 6.07) is 6.70. The lowest BCUT2D eigenvalue weighted by Gasteiger charge is -2.29. The molecule has 7 heteroatoms. The molecule has 1 unspecified atom stereocenters. The second kappa shape index (κ2) is 10.8. The van der Waals surface area contributed by atoms with Crippen molar-refractivity contribution in [2.45, 2.75) is 31.9 Å². The van der Waals surface area contributed by atoms with Gasteiger partial charge in [-0.3, -0.25) is 9.69 Å². The molecule has 1 aromatic carbocycles. The lowest BCUT2D eigenvalue weighted by atomic mass is 10.1. The van der Waals surface area contributed by atoms with Crippen LogP contribution < -0.4 is 5.32 Å². The van der Waals surface area contributed by atoms with Crippen molar-refractivity contribution < 1.29 is 13.9 Å². The molecule has 2 fully saturated rings. The fourth-order valence-electron chi connectivity index (χ4n) is 3.53. The number of ether oxygens (including phenoxy) is 1. The standard InChI is InChI=1S/C19H28FN3O2.ClH/c20-17-4-1-3-16(13-17)14-22(15-18-5-2-12-25-18)9-6-19(24)23-10-7-21-8-11-23;/h1,3-4,13,18,21H,2,5-12,14-15H2;1H. The van der Waals surface area contributed by atoms with E-state index in [1.807, 2.05) is 11.0 Å². The minimum atomic E-state index is -0.216. The summed E-state index contributed by atoms with van der Waals surface area (Å²) in [5.41, 5.74) is 0.938. The maximum atomic E-state index is 13.5. The molecule has 0 aliphatic carbocycles. The van der Waals surface area contributed by atoms with Gasteiger partial charge >= 0.3 is 0 Å². The normalized spacial score (nSPS) is 20.2. The second-order valence-corrected chi connectivity index (χ2v) is 6.88. The van der Waals surface area contributed by atoms with Crippen molar-refractivity contribution in [1.29, 1.82) is 0 Å². The van der Waals surface area contributed by atoms with Crippen LogP contribution in [0, 0.1) is 5.82 Å². The first-order chi connectivity index (χ1) is 12.2. The Morgan fingerprint density at radius 1 is 1.35 bits per heavy atom. The average molecular weight is 386 g/mol. The highest BCUT2D eigenvalue weighted by Gasteiger charge is 2.22. The maximum absolute atomic E-state index is 13.5. The Morgan fingerprint density at radius 2 is 2.15 bits per heavy atom. The monoisotopic (exact) mass is 385 g/mol. The molecule has 1 amide bonds. The number of amides is 1. The number of nitrogens with one attached hydrogen (secondary N) is 1. The lowest BCUT2D eigenvalue weighted by Crippen LogP contribution is -2.47. The number of halogens is 2. The van der Waals surface area contributed by atoms with E-state index in [4.69, 9.17) is 4.74 Å². The van der Waals surface area contributed by atoms with E-state index in [-0.39, 0.29) is 30.2 Å². The molecule has 2 heterocycles. The van der Waals surface area contributed by atoms with Crippen LogP contribution in [0.5, 0.6) is 0 Å². The summed E-state index contributed by atoms with van der Waals surface area (Å²) in [4.78, 5) is 16.6. The zero-order chi connectivity index (χ0) is 17.5. The van der Waals surface area contributed by atoms with Gasteiger partial charge in [-0.2, -0.15) is 0 Å². The van der Waals surface area contributed by atoms with Crippen molar-refractivity contribution in [1.82, 2.24) is 15.1 Å². The van der Waals surface area contributed by atoms with Crippen LogP contribution in [-0.2, 0) is 16.1 Å². The predicted molar refractivity (Wildman–Crippen MR) is 102 cm³/mol. The van der Waals surface area contributed by atoms with E-state index in [1.165, 1.54) is 6.07 Å². The molecule has 146 valence electrons. The quantitative estimate of drug-likeness (QED) is 0.780. The zero-order valence-electron chi connectivity index (χ0n) is 15.2. The molecule has 0 radical (unpaired) electrons. The highest BCUT2D eigenvalue weighted by Crippen LogP contribution is 2.16. The molecular formula is C19H29ClFN3O2. The van der Waals surface area contributed by atoms with E-state index in [1.54, 1.807) is 12.1 Å². The fraction of sp³-hybridized carbons (Fsp3) is 0.632. The van der Waals surface area contributed by atoms with Gasteiger partial charge < -0.3 is 15.0 Å². The van der Waals surface area contributed by atoms with E-state index in [2.05, 4.69) is 10.2 Å². The molecule has 2 aliphatic rings. The fourth-order valence-corrected chi connectivity index (χ4v) is 3.53. The van der Waals surface area contributed by atoms with Gasteiger partial charge in [-0.25, -0.2) is 4.39 Å². The van der Waals surface area contributed by atoms with Gasteiger partial charge in [0.15, 0.2) is 0 Å². The Kier molecular flexibility index (Phi) is 8.78. The van der Waals surface area contributed by atoms with Crippen LogP contribution >= 0.6 is 12.4 Å². The van der Waals surface area contributed by atoms with Gasteiger partial charge in [-0.15, -0.1) is 12.4 Å². The summed E-state index contributed by atoms with van der Waals surface area (Å²) in [5, 5.41) is 3.26. The van der Waals surface area contributed by atoms with Crippen LogP contribution in [0.25, 0.3) is 0 Å². The number of piperazine rings is 1. The predicted octanol–water partition coefficient (Wildman–Crippen LogP) is 2.05. The number of carbonyl (C=O) groups is 1. The van der Waals surface area contributed by atoms with Crippen LogP contribution in [0.15, 0.2) is 24.3 Å². The lowest BCUT2D eigenvalue weighted by molar-refractivity contribution is -0.132. The minimum absolute atomic E-state index is 0. The molecule has 0 saturated carbocycles. The third-order valence-corrected chi connectivity index (χ3v) is 4.89. The Balaban J connectivity index is 0.00000243. The summed E-state index contributed by atoms with van der Waals surface area (Å²) >= 11 is 0. The first kappa shape index (κ1) is 21.1. The average Bonchev–Trinajstić information content (AvgIpc) is 3.13. The van der Waals surface area contributed by atoms with Crippen molar-refractivity contribution in [3.8, 4) is 0 Å².